The van der Waals surface area contributed by atoms with Crippen LogP contribution in [-0.2, 0) is 65.4 Å². The van der Waals surface area contributed by atoms with Gasteiger partial charge in [-0.05, 0) is 43.4 Å². The van der Waals surface area contributed by atoms with Gasteiger partial charge >= 0.3 is 39.5 Å². The molecule has 0 bridgehead atoms. The number of unbranched alkanes of at least 4 members (excludes halogenated alkanes) is 37. The zero-order chi connectivity index (χ0) is 67.3. The summed E-state index contributed by atoms with van der Waals surface area (Å²) in [6, 6.07) is 0. The number of ether oxygens (including phenoxy) is 4. The van der Waals surface area contributed by atoms with Gasteiger partial charge in [-0.2, -0.15) is 0 Å². The highest BCUT2D eigenvalue weighted by atomic mass is 31.2. The van der Waals surface area contributed by atoms with E-state index in [0.29, 0.717) is 31.6 Å². The topological polar surface area (TPSA) is 237 Å². The number of rotatable bonds is 70. The standard InChI is InChI=1S/C72H140O17P2/c1-8-10-11-12-13-14-19-27-32-41-48-55-71(76)89-68(60-83-70(75)54-47-40-35-34-37-44-51-64(5)6)62-87-91(80,81)85-58-66(73)57-84-90(78,79)86-61-67(59-82-69(74)53-46-39-31-26-23-22-24-29-36-43-50-63(3)4)88-72(77)56-49-42-33-28-21-18-16-15-17-20-25-30-38-45-52-65(7)9-2/h63-68,73H,8-62H2,1-7H3,(H,78,79)(H,80,81)/t65?,66-,67-,68-/m1/s1. The molecule has 0 heterocycles. The molecule has 19 heteroatoms. The second-order valence-corrected chi connectivity index (χ2v) is 30.1. The average molecular weight is 1340 g/mol. The fourth-order valence-corrected chi connectivity index (χ4v) is 12.4. The number of carbonyl (C=O) groups excluding carboxylic acids is 4. The highest BCUT2D eigenvalue weighted by Crippen LogP contribution is 2.45. The van der Waals surface area contributed by atoms with Crippen molar-refractivity contribution in [3.8, 4) is 0 Å². The summed E-state index contributed by atoms with van der Waals surface area (Å²) in [5, 5.41) is 10.6. The third-order valence-corrected chi connectivity index (χ3v) is 18.9. The van der Waals surface area contributed by atoms with Gasteiger partial charge in [0.1, 0.15) is 19.3 Å². The Hall–Kier alpha value is -1.94. The molecule has 0 amide bonds. The molecule has 0 aliphatic heterocycles. The zero-order valence-corrected chi connectivity index (χ0v) is 61.1. The second kappa shape index (κ2) is 62.8. The van der Waals surface area contributed by atoms with E-state index in [1.54, 1.807) is 0 Å². The van der Waals surface area contributed by atoms with Crippen molar-refractivity contribution in [3.05, 3.63) is 0 Å². The van der Waals surface area contributed by atoms with Crippen LogP contribution in [0.4, 0.5) is 0 Å². The number of phosphoric acid groups is 2. The van der Waals surface area contributed by atoms with Gasteiger partial charge in [-0.1, -0.05) is 312 Å². The first-order valence-electron chi connectivity index (χ1n) is 37.4. The van der Waals surface area contributed by atoms with Gasteiger partial charge in [0.05, 0.1) is 26.4 Å². The largest absolute Gasteiger partial charge is 0.472 e. The molecule has 0 fully saturated rings. The first-order valence-corrected chi connectivity index (χ1v) is 40.4. The molecule has 0 aliphatic rings. The molecule has 91 heavy (non-hydrogen) atoms. The minimum absolute atomic E-state index is 0.106. The van der Waals surface area contributed by atoms with E-state index in [-0.39, 0.29) is 25.7 Å². The number of hydrogen-bond donors (Lipinski definition) is 3. The molecule has 0 aromatic carbocycles. The summed E-state index contributed by atoms with van der Waals surface area (Å²) in [5.74, 6) is 0.159. The molecule has 0 spiro atoms. The third-order valence-electron chi connectivity index (χ3n) is 17.0. The van der Waals surface area contributed by atoms with Crippen LogP contribution in [0.3, 0.4) is 0 Å². The van der Waals surface area contributed by atoms with Crippen molar-refractivity contribution in [1.82, 2.24) is 0 Å². The predicted molar refractivity (Wildman–Crippen MR) is 368 cm³/mol. The van der Waals surface area contributed by atoms with Crippen LogP contribution in [-0.4, -0.2) is 96.7 Å². The number of hydrogen-bond acceptors (Lipinski definition) is 15. The quantitative estimate of drug-likeness (QED) is 0.0222. The number of phosphoric ester groups is 2. The molecule has 0 saturated heterocycles. The van der Waals surface area contributed by atoms with Crippen LogP contribution < -0.4 is 0 Å². The van der Waals surface area contributed by atoms with E-state index in [1.165, 1.54) is 167 Å². The highest BCUT2D eigenvalue weighted by molar-refractivity contribution is 7.47. The van der Waals surface area contributed by atoms with Crippen LogP contribution in [0.5, 0.6) is 0 Å². The van der Waals surface area contributed by atoms with Gasteiger partial charge in [-0.25, -0.2) is 9.13 Å². The Balaban J connectivity index is 5.23. The van der Waals surface area contributed by atoms with Crippen molar-refractivity contribution in [3.63, 3.8) is 0 Å². The zero-order valence-electron chi connectivity index (χ0n) is 59.3. The number of aliphatic hydroxyl groups excluding tert-OH is 1. The summed E-state index contributed by atoms with van der Waals surface area (Å²) >= 11 is 0. The molecule has 0 rings (SSSR count). The Morgan fingerprint density at radius 3 is 0.835 bits per heavy atom. The van der Waals surface area contributed by atoms with Crippen molar-refractivity contribution in [2.45, 2.75) is 381 Å². The van der Waals surface area contributed by atoms with E-state index in [1.807, 2.05) is 0 Å². The predicted octanol–water partition coefficient (Wildman–Crippen LogP) is 20.6. The first-order chi connectivity index (χ1) is 43.8. The molecular weight excluding hydrogens is 1200 g/mol. The molecule has 540 valence electrons. The SMILES string of the molecule is CCCCCCCCCCCCCC(=O)O[C@H](COC(=O)CCCCCCCCC(C)C)COP(=O)(O)OC[C@H](O)COP(=O)(O)OC[C@@H](COC(=O)CCCCCCCCCCCCC(C)C)OC(=O)CCCCCCCCCCCCCCCCC(C)CC. The lowest BCUT2D eigenvalue weighted by Crippen LogP contribution is -2.30. The maximum atomic E-state index is 13.0. The van der Waals surface area contributed by atoms with E-state index in [9.17, 15) is 43.2 Å². The Morgan fingerprint density at radius 2 is 0.560 bits per heavy atom. The lowest BCUT2D eigenvalue weighted by Gasteiger charge is -2.21. The monoisotopic (exact) mass is 1340 g/mol. The van der Waals surface area contributed by atoms with Crippen LogP contribution in [0.1, 0.15) is 363 Å². The molecular formula is C72H140O17P2. The Morgan fingerprint density at radius 1 is 0.319 bits per heavy atom. The lowest BCUT2D eigenvalue weighted by atomic mass is 9.99. The second-order valence-electron chi connectivity index (χ2n) is 27.2. The number of carbonyl (C=O) groups is 4. The van der Waals surface area contributed by atoms with E-state index in [2.05, 4.69) is 48.5 Å². The van der Waals surface area contributed by atoms with Crippen LogP contribution in [0.2, 0.25) is 0 Å². The van der Waals surface area contributed by atoms with Crippen LogP contribution >= 0.6 is 15.6 Å². The summed E-state index contributed by atoms with van der Waals surface area (Å²) in [6.45, 7) is 11.8. The number of aliphatic hydroxyl groups is 1. The van der Waals surface area contributed by atoms with Gasteiger partial charge < -0.3 is 33.8 Å². The fraction of sp³-hybridized carbons (Fsp3) is 0.944. The highest BCUT2D eigenvalue weighted by Gasteiger charge is 2.30. The van der Waals surface area contributed by atoms with Gasteiger partial charge in [0.15, 0.2) is 12.2 Å². The lowest BCUT2D eigenvalue weighted by molar-refractivity contribution is -0.161. The van der Waals surface area contributed by atoms with Crippen molar-refractivity contribution in [1.29, 1.82) is 0 Å². The molecule has 0 radical (unpaired) electrons. The van der Waals surface area contributed by atoms with Gasteiger partial charge in [0, 0.05) is 25.7 Å². The van der Waals surface area contributed by atoms with Gasteiger partial charge in [-0.3, -0.25) is 37.3 Å². The summed E-state index contributed by atoms with van der Waals surface area (Å²) in [6.07, 6.45) is 47.2. The van der Waals surface area contributed by atoms with E-state index in [4.69, 9.17) is 37.0 Å². The van der Waals surface area contributed by atoms with E-state index < -0.39 is 97.5 Å². The Bertz CT molecular complexity index is 1790. The summed E-state index contributed by atoms with van der Waals surface area (Å²) in [5.41, 5.74) is 0. The maximum absolute atomic E-state index is 13.0. The fourth-order valence-electron chi connectivity index (χ4n) is 10.9. The third kappa shape index (κ3) is 65.1. The van der Waals surface area contributed by atoms with Crippen LogP contribution in [0.15, 0.2) is 0 Å². The van der Waals surface area contributed by atoms with E-state index in [0.717, 1.165) is 108 Å². The van der Waals surface area contributed by atoms with Gasteiger partial charge in [-0.15, -0.1) is 0 Å². The van der Waals surface area contributed by atoms with Crippen LogP contribution in [0.25, 0.3) is 0 Å². The van der Waals surface area contributed by atoms with Crippen LogP contribution in [0, 0.1) is 17.8 Å². The van der Waals surface area contributed by atoms with Crippen molar-refractivity contribution >= 4 is 39.5 Å². The average Bonchev–Trinajstić information content (AvgIpc) is 3.46. The van der Waals surface area contributed by atoms with E-state index >= 15 is 0 Å². The molecule has 6 atom stereocenters. The molecule has 3 unspecified atom stereocenters. The molecule has 17 nitrogen and oxygen atoms in total. The summed E-state index contributed by atoms with van der Waals surface area (Å²) in [4.78, 5) is 72.6. The minimum Gasteiger partial charge on any atom is -0.462 e. The molecule has 0 saturated carbocycles. The normalized spacial score (nSPS) is 14.5. The molecule has 0 aliphatic carbocycles. The Labute approximate surface area is 556 Å². The number of esters is 4. The van der Waals surface area contributed by atoms with Crippen molar-refractivity contribution in [2.75, 3.05) is 39.6 Å². The summed E-state index contributed by atoms with van der Waals surface area (Å²) in [7, 11) is -9.90. The first kappa shape index (κ1) is 89.1. The molecule has 0 aromatic rings. The van der Waals surface area contributed by atoms with Gasteiger partial charge in [0.2, 0.25) is 0 Å². The molecule has 3 N–H and O–H groups in total. The Kier molecular flexibility index (Phi) is 61.5. The maximum Gasteiger partial charge on any atom is 0.472 e. The smallest absolute Gasteiger partial charge is 0.462 e. The minimum atomic E-state index is -4.95. The molecule has 0 aromatic heterocycles. The summed E-state index contributed by atoms with van der Waals surface area (Å²) < 4.78 is 68.3. The van der Waals surface area contributed by atoms with Crippen molar-refractivity contribution in [2.24, 2.45) is 17.8 Å². The van der Waals surface area contributed by atoms with Crippen molar-refractivity contribution < 1.29 is 80.2 Å². The van der Waals surface area contributed by atoms with Gasteiger partial charge in [0.25, 0.3) is 0 Å².